The Morgan fingerprint density at radius 3 is 2.76 bits per heavy atom. The fourth-order valence-corrected chi connectivity index (χ4v) is 4.21. The van der Waals surface area contributed by atoms with Gasteiger partial charge in [0, 0.05) is 55.3 Å². The Balaban J connectivity index is 1.41. The van der Waals surface area contributed by atoms with Gasteiger partial charge < -0.3 is 10.1 Å². The summed E-state index contributed by atoms with van der Waals surface area (Å²) in [6.45, 7) is 6.32. The van der Waals surface area contributed by atoms with E-state index in [2.05, 4.69) is 20.2 Å². The highest BCUT2D eigenvalue weighted by Gasteiger charge is 2.16. The van der Waals surface area contributed by atoms with Crippen molar-refractivity contribution in [3.63, 3.8) is 0 Å². The number of carbonyl (C=O) groups excluding carboxylic acids is 1. The molecule has 1 fully saturated rings. The summed E-state index contributed by atoms with van der Waals surface area (Å²) in [6.07, 6.45) is 5.22. The van der Waals surface area contributed by atoms with Crippen LogP contribution in [0.1, 0.15) is 16.1 Å². The molecule has 0 radical (unpaired) electrons. The maximum atomic E-state index is 13.8. The number of rotatable bonds is 6. The number of amides is 1. The highest BCUT2D eigenvalue weighted by molar-refractivity contribution is 5.93. The minimum absolute atomic E-state index is 0.168. The number of benzene rings is 1. The van der Waals surface area contributed by atoms with Crippen molar-refractivity contribution in [2.45, 2.75) is 6.92 Å². The Morgan fingerprint density at radius 1 is 1.12 bits per heavy atom. The molecule has 1 aliphatic rings. The highest BCUT2D eigenvalue weighted by atomic mass is 19.1. The summed E-state index contributed by atoms with van der Waals surface area (Å²) in [4.78, 5) is 24.1. The highest BCUT2D eigenvalue weighted by Crippen LogP contribution is 2.31. The Labute approximate surface area is 197 Å². The average Bonchev–Trinajstić information content (AvgIpc) is 3.30. The number of hydrogen-bond acceptors (Lipinski definition) is 5. The number of ether oxygens (including phenoxy) is 1. The largest absolute Gasteiger partial charge is 0.379 e. The van der Waals surface area contributed by atoms with E-state index in [0.29, 0.717) is 23.4 Å². The van der Waals surface area contributed by atoms with E-state index >= 15 is 0 Å². The number of carbonyl (C=O) groups is 1. The zero-order chi connectivity index (χ0) is 23.5. The number of fused-ring (bicyclic) bond motifs is 1. The third-order valence-corrected chi connectivity index (χ3v) is 6.11. The van der Waals surface area contributed by atoms with Crippen LogP contribution in [0.3, 0.4) is 0 Å². The van der Waals surface area contributed by atoms with Crippen LogP contribution in [0.4, 0.5) is 4.39 Å². The smallest absolute Gasteiger partial charge is 0.269 e. The average molecular weight is 460 g/mol. The standard InChI is InChI=1S/C26H26FN5O2/c1-18-15-19(4-6-22(18)27)25-21(3-2-8-28-25)20-5-7-24-30-16-23(32(24)17-20)26(33)29-9-10-31-11-13-34-14-12-31/h2-8,15-17H,9-14H2,1H3,(H,29,33). The second-order valence-corrected chi connectivity index (χ2v) is 8.36. The number of pyridine rings is 2. The number of imidazole rings is 1. The lowest BCUT2D eigenvalue weighted by molar-refractivity contribution is 0.0383. The Hall–Kier alpha value is -3.62. The quantitative estimate of drug-likeness (QED) is 0.477. The number of aryl methyl sites for hydroxylation is 1. The molecule has 4 heterocycles. The summed E-state index contributed by atoms with van der Waals surface area (Å²) in [7, 11) is 0. The lowest BCUT2D eigenvalue weighted by atomic mass is 9.99. The fourth-order valence-electron chi connectivity index (χ4n) is 4.21. The van der Waals surface area contributed by atoms with Crippen molar-refractivity contribution in [1.82, 2.24) is 24.6 Å². The van der Waals surface area contributed by atoms with Gasteiger partial charge in [0.25, 0.3) is 5.91 Å². The van der Waals surface area contributed by atoms with Crippen molar-refractivity contribution in [3.8, 4) is 22.4 Å². The first-order valence-electron chi connectivity index (χ1n) is 11.4. The third-order valence-electron chi connectivity index (χ3n) is 6.11. The molecule has 5 rings (SSSR count). The monoisotopic (exact) mass is 459 g/mol. The molecule has 7 nitrogen and oxygen atoms in total. The van der Waals surface area contributed by atoms with E-state index in [0.717, 1.165) is 55.2 Å². The summed E-state index contributed by atoms with van der Waals surface area (Å²) >= 11 is 0. The van der Waals surface area contributed by atoms with Gasteiger partial charge in [-0.3, -0.25) is 19.1 Å². The molecule has 0 bridgehead atoms. The van der Waals surface area contributed by atoms with Gasteiger partial charge in [-0.05, 0) is 48.9 Å². The molecule has 1 aromatic carbocycles. The Bertz CT molecular complexity index is 1330. The van der Waals surface area contributed by atoms with Crippen molar-refractivity contribution in [3.05, 3.63) is 78.1 Å². The van der Waals surface area contributed by atoms with Crippen LogP contribution in [0.2, 0.25) is 0 Å². The Kier molecular flexibility index (Phi) is 6.33. The lowest BCUT2D eigenvalue weighted by Gasteiger charge is -2.26. The van der Waals surface area contributed by atoms with Crippen molar-refractivity contribution < 1.29 is 13.9 Å². The van der Waals surface area contributed by atoms with Crippen LogP contribution in [0.5, 0.6) is 0 Å². The molecule has 0 saturated carbocycles. The van der Waals surface area contributed by atoms with Gasteiger partial charge in [0.1, 0.15) is 17.2 Å². The van der Waals surface area contributed by atoms with E-state index < -0.39 is 0 Å². The number of aromatic nitrogens is 3. The second-order valence-electron chi connectivity index (χ2n) is 8.36. The molecule has 174 valence electrons. The molecule has 4 aromatic rings. The maximum Gasteiger partial charge on any atom is 0.269 e. The van der Waals surface area contributed by atoms with Gasteiger partial charge in [-0.25, -0.2) is 9.37 Å². The topological polar surface area (TPSA) is 71.8 Å². The third kappa shape index (κ3) is 4.55. The molecule has 0 aliphatic carbocycles. The fraction of sp³-hybridized carbons (Fsp3) is 0.269. The molecular formula is C26H26FN5O2. The number of hydrogen-bond donors (Lipinski definition) is 1. The van der Waals surface area contributed by atoms with Gasteiger partial charge >= 0.3 is 0 Å². The van der Waals surface area contributed by atoms with Crippen LogP contribution < -0.4 is 5.32 Å². The SMILES string of the molecule is Cc1cc(-c2ncccc2-c2ccc3ncc(C(=O)NCCN4CCOCC4)n3c2)ccc1F. The minimum Gasteiger partial charge on any atom is -0.379 e. The van der Waals surface area contributed by atoms with Crippen LogP contribution in [0, 0.1) is 12.7 Å². The lowest BCUT2D eigenvalue weighted by Crippen LogP contribution is -2.41. The molecule has 8 heteroatoms. The predicted octanol–water partition coefficient (Wildman–Crippen LogP) is 3.57. The van der Waals surface area contributed by atoms with Crippen LogP contribution >= 0.6 is 0 Å². The Morgan fingerprint density at radius 2 is 1.94 bits per heavy atom. The van der Waals surface area contributed by atoms with Crippen molar-refractivity contribution >= 4 is 11.6 Å². The first-order valence-corrected chi connectivity index (χ1v) is 11.4. The molecule has 1 amide bonds. The zero-order valence-corrected chi connectivity index (χ0v) is 19.0. The number of morpholine rings is 1. The molecule has 0 unspecified atom stereocenters. The molecule has 1 saturated heterocycles. The second kappa shape index (κ2) is 9.70. The van der Waals surface area contributed by atoms with Gasteiger partial charge in [0.05, 0.1) is 25.1 Å². The van der Waals surface area contributed by atoms with Crippen LogP contribution in [-0.4, -0.2) is 64.6 Å². The normalized spacial score (nSPS) is 14.4. The van der Waals surface area contributed by atoms with E-state index in [1.165, 1.54) is 6.07 Å². The van der Waals surface area contributed by atoms with Crippen LogP contribution in [0.25, 0.3) is 28.0 Å². The molecule has 0 spiro atoms. The summed E-state index contributed by atoms with van der Waals surface area (Å²) < 4.78 is 21.0. The van der Waals surface area contributed by atoms with E-state index in [4.69, 9.17) is 4.74 Å². The van der Waals surface area contributed by atoms with Gasteiger partial charge in [0.2, 0.25) is 0 Å². The molecule has 3 aromatic heterocycles. The van der Waals surface area contributed by atoms with Crippen molar-refractivity contribution in [2.24, 2.45) is 0 Å². The first-order chi connectivity index (χ1) is 16.6. The van der Waals surface area contributed by atoms with Crippen LogP contribution in [-0.2, 0) is 4.74 Å². The van der Waals surface area contributed by atoms with Gasteiger partial charge in [0.15, 0.2) is 0 Å². The van der Waals surface area contributed by atoms with E-state index in [-0.39, 0.29) is 11.7 Å². The summed E-state index contributed by atoms with van der Waals surface area (Å²) in [5, 5.41) is 3.00. The number of nitrogens with one attached hydrogen (secondary N) is 1. The zero-order valence-electron chi connectivity index (χ0n) is 19.0. The number of halogens is 1. The van der Waals surface area contributed by atoms with E-state index in [1.807, 2.05) is 30.5 Å². The molecule has 1 aliphatic heterocycles. The number of nitrogens with zero attached hydrogens (tertiary/aromatic N) is 4. The molecule has 34 heavy (non-hydrogen) atoms. The molecular weight excluding hydrogens is 433 g/mol. The van der Waals surface area contributed by atoms with Gasteiger partial charge in [-0.1, -0.05) is 6.07 Å². The maximum absolute atomic E-state index is 13.8. The summed E-state index contributed by atoms with van der Waals surface area (Å²) in [6, 6.07) is 12.7. The van der Waals surface area contributed by atoms with Crippen molar-refractivity contribution in [1.29, 1.82) is 0 Å². The van der Waals surface area contributed by atoms with E-state index in [1.54, 1.807) is 35.9 Å². The minimum atomic E-state index is -0.245. The first kappa shape index (κ1) is 22.2. The van der Waals surface area contributed by atoms with Gasteiger partial charge in [-0.2, -0.15) is 0 Å². The van der Waals surface area contributed by atoms with Crippen LogP contribution in [0.15, 0.2) is 61.1 Å². The summed E-state index contributed by atoms with van der Waals surface area (Å²) in [5.74, 6) is -0.413. The van der Waals surface area contributed by atoms with Crippen molar-refractivity contribution in [2.75, 3.05) is 39.4 Å². The van der Waals surface area contributed by atoms with E-state index in [9.17, 15) is 9.18 Å². The predicted molar refractivity (Wildman–Crippen MR) is 128 cm³/mol. The molecule has 0 atom stereocenters. The molecule has 1 N–H and O–H groups in total. The van der Waals surface area contributed by atoms with Gasteiger partial charge in [-0.15, -0.1) is 0 Å². The summed E-state index contributed by atoms with van der Waals surface area (Å²) in [5.41, 5.74) is 5.09.